The lowest BCUT2D eigenvalue weighted by molar-refractivity contribution is 0.0952. The highest BCUT2D eigenvalue weighted by molar-refractivity contribution is 5.95. The maximum atomic E-state index is 12.1. The number of amides is 1. The molecule has 1 heterocycles. The van der Waals surface area contributed by atoms with E-state index in [2.05, 4.69) is 10.4 Å². The predicted octanol–water partition coefficient (Wildman–Crippen LogP) is 1.65. The van der Waals surface area contributed by atoms with E-state index in [1.54, 1.807) is 10.9 Å². The number of benzene rings is 1. The molecule has 0 saturated carbocycles. The summed E-state index contributed by atoms with van der Waals surface area (Å²) >= 11 is 0. The van der Waals surface area contributed by atoms with Crippen molar-refractivity contribution in [2.45, 2.75) is 19.8 Å². The number of nitrogens with one attached hydrogen (secondary N) is 1. The molecule has 1 aromatic carbocycles. The van der Waals surface area contributed by atoms with E-state index in [1.165, 1.54) is 0 Å². The Kier molecular flexibility index (Phi) is 4.90. The second-order valence-corrected chi connectivity index (χ2v) is 4.64. The molecule has 106 valence electrons. The lowest BCUT2D eigenvalue weighted by atomic mass is 10.2. The first-order chi connectivity index (χ1) is 9.74. The van der Waals surface area contributed by atoms with Crippen molar-refractivity contribution in [2.24, 2.45) is 5.73 Å². The first-order valence-corrected chi connectivity index (χ1v) is 6.82. The maximum Gasteiger partial charge on any atom is 0.254 e. The topological polar surface area (TPSA) is 72.9 Å². The summed E-state index contributed by atoms with van der Waals surface area (Å²) in [5, 5.41) is 7.18. The number of rotatable bonds is 6. The predicted molar refractivity (Wildman–Crippen MR) is 78.9 cm³/mol. The summed E-state index contributed by atoms with van der Waals surface area (Å²) in [6, 6.07) is 9.77. The molecule has 20 heavy (non-hydrogen) atoms. The largest absolute Gasteiger partial charge is 0.352 e. The monoisotopic (exact) mass is 272 g/mol. The molecule has 1 aromatic heterocycles. The van der Waals surface area contributed by atoms with Crippen molar-refractivity contribution in [1.29, 1.82) is 0 Å². The van der Waals surface area contributed by atoms with Crippen molar-refractivity contribution in [2.75, 3.05) is 13.1 Å². The van der Waals surface area contributed by atoms with Crippen LogP contribution in [0.2, 0.25) is 0 Å². The zero-order valence-electron chi connectivity index (χ0n) is 11.7. The molecule has 0 saturated heterocycles. The fourth-order valence-corrected chi connectivity index (χ4v) is 2.03. The van der Waals surface area contributed by atoms with E-state index in [-0.39, 0.29) is 5.91 Å². The molecule has 1 amide bonds. The van der Waals surface area contributed by atoms with Crippen LogP contribution in [0.3, 0.4) is 0 Å². The van der Waals surface area contributed by atoms with E-state index in [1.807, 2.05) is 37.3 Å². The normalized spacial score (nSPS) is 10.5. The van der Waals surface area contributed by atoms with Gasteiger partial charge in [-0.25, -0.2) is 4.68 Å². The molecule has 0 spiro atoms. The molecule has 0 aliphatic carbocycles. The number of para-hydroxylation sites is 1. The summed E-state index contributed by atoms with van der Waals surface area (Å²) in [7, 11) is 0. The second kappa shape index (κ2) is 6.86. The van der Waals surface area contributed by atoms with Gasteiger partial charge in [0.25, 0.3) is 5.91 Å². The number of carbonyl (C=O) groups excluding carboxylic acids is 1. The minimum absolute atomic E-state index is 0.0818. The number of nitrogens with two attached hydrogens (primary N) is 1. The van der Waals surface area contributed by atoms with Gasteiger partial charge < -0.3 is 11.1 Å². The van der Waals surface area contributed by atoms with Gasteiger partial charge in [0.2, 0.25) is 0 Å². The van der Waals surface area contributed by atoms with Crippen molar-refractivity contribution in [3.8, 4) is 5.69 Å². The highest BCUT2D eigenvalue weighted by Gasteiger charge is 2.14. The van der Waals surface area contributed by atoms with Crippen LogP contribution in [0, 0.1) is 6.92 Å². The minimum Gasteiger partial charge on any atom is -0.352 e. The lowest BCUT2D eigenvalue weighted by Gasteiger charge is -2.06. The number of nitrogens with zero attached hydrogens (tertiary/aromatic N) is 2. The molecule has 0 fully saturated rings. The zero-order valence-corrected chi connectivity index (χ0v) is 11.7. The summed E-state index contributed by atoms with van der Waals surface area (Å²) in [6.45, 7) is 3.20. The van der Waals surface area contributed by atoms with E-state index < -0.39 is 0 Å². The van der Waals surface area contributed by atoms with Crippen molar-refractivity contribution in [3.63, 3.8) is 0 Å². The van der Waals surface area contributed by atoms with Gasteiger partial charge in [0.1, 0.15) is 0 Å². The van der Waals surface area contributed by atoms with Crippen LogP contribution in [-0.2, 0) is 0 Å². The molecule has 0 atom stereocenters. The van der Waals surface area contributed by atoms with Crippen LogP contribution >= 0.6 is 0 Å². The highest BCUT2D eigenvalue weighted by Crippen LogP contribution is 2.13. The molecule has 0 aliphatic rings. The van der Waals surface area contributed by atoms with Crippen LogP contribution in [0.1, 0.15) is 28.9 Å². The van der Waals surface area contributed by atoms with E-state index in [4.69, 9.17) is 5.73 Å². The molecule has 0 radical (unpaired) electrons. The number of aromatic nitrogens is 2. The Morgan fingerprint density at radius 1 is 1.30 bits per heavy atom. The van der Waals surface area contributed by atoms with E-state index in [0.717, 1.165) is 24.2 Å². The van der Waals surface area contributed by atoms with Crippen molar-refractivity contribution >= 4 is 5.91 Å². The molecule has 2 rings (SSSR count). The third-order valence-electron chi connectivity index (χ3n) is 3.17. The average Bonchev–Trinajstić information content (AvgIpc) is 2.86. The Bertz CT molecular complexity index is 563. The van der Waals surface area contributed by atoms with Crippen molar-refractivity contribution in [3.05, 3.63) is 47.8 Å². The SMILES string of the molecule is Cc1c(C(=O)NCCCCN)cnn1-c1ccccc1. The first kappa shape index (κ1) is 14.3. The molecule has 0 aliphatic heterocycles. The zero-order chi connectivity index (χ0) is 14.4. The Hall–Kier alpha value is -2.14. The summed E-state index contributed by atoms with van der Waals surface area (Å²) in [5.74, 6) is -0.0818. The molecule has 0 unspecified atom stereocenters. The molecular weight excluding hydrogens is 252 g/mol. The fourth-order valence-electron chi connectivity index (χ4n) is 2.03. The van der Waals surface area contributed by atoms with Crippen LogP contribution in [0.15, 0.2) is 36.5 Å². The molecule has 3 N–H and O–H groups in total. The number of unbranched alkanes of at least 4 members (excludes halogenated alkanes) is 1. The fraction of sp³-hybridized carbons (Fsp3) is 0.333. The summed E-state index contributed by atoms with van der Waals surface area (Å²) < 4.78 is 1.77. The smallest absolute Gasteiger partial charge is 0.254 e. The van der Waals surface area contributed by atoms with Gasteiger partial charge in [0, 0.05) is 6.54 Å². The third-order valence-corrected chi connectivity index (χ3v) is 3.17. The van der Waals surface area contributed by atoms with Gasteiger partial charge in [0.15, 0.2) is 0 Å². The molecule has 2 aromatic rings. The maximum absolute atomic E-state index is 12.1. The van der Waals surface area contributed by atoms with Crippen LogP contribution in [0.5, 0.6) is 0 Å². The van der Waals surface area contributed by atoms with Crippen molar-refractivity contribution in [1.82, 2.24) is 15.1 Å². The highest BCUT2D eigenvalue weighted by atomic mass is 16.1. The van der Waals surface area contributed by atoms with Crippen LogP contribution < -0.4 is 11.1 Å². The van der Waals surface area contributed by atoms with Gasteiger partial charge in [-0.3, -0.25) is 4.79 Å². The number of hydrogen-bond acceptors (Lipinski definition) is 3. The van der Waals surface area contributed by atoms with Crippen LogP contribution in [0.25, 0.3) is 5.69 Å². The first-order valence-electron chi connectivity index (χ1n) is 6.82. The molecule has 0 bridgehead atoms. The Morgan fingerprint density at radius 2 is 2.05 bits per heavy atom. The Labute approximate surface area is 118 Å². The quantitative estimate of drug-likeness (QED) is 0.785. The van der Waals surface area contributed by atoms with E-state index in [9.17, 15) is 4.79 Å². The van der Waals surface area contributed by atoms with E-state index >= 15 is 0 Å². The molecule has 5 heteroatoms. The van der Waals surface area contributed by atoms with E-state index in [0.29, 0.717) is 18.7 Å². The van der Waals surface area contributed by atoms with Gasteiger partial charge >= 0.3 is 0 Å². The number of carbonyl (C=O) groups is 1. The van der Waals surface area contributed by atoms with Gasteiger partial charge in [-0.1, -0.05) is 18.2 Å². The van der Waals surface area contributed by atoms with Gasteiger partial charge in [-0.15, -0.1) is 0 Å². The summed E-state index contributed by atoms with van der Waals surface area (Å²) in [4.78, 5) is 12.1. The van der Waals surface area contributed by atoms with Gasteiger partial charge in [-0.05, 0) is 38.4 Å². The molecular formula is C15H20N4O. The summed E-state index contributed by atoms with van der Waals surface area (Å²) in [5.41, 5.74) is 7.83. The second-order valence-electron chi connectivity index (χ2n) is 4.64. The Balaban J connectivity index is 2.07. The minimum atomic E-state index is -0.0818. The Morgan fingerprint density at radius 3 is 2.75 bits per heavy atom. The third kappa shape index (κ3) is 3.24. The lowest BCUT2D eigenvalue weighted by Crippen LogP contribution is -2.25. The van der Waals surface area contributed by atoms with Gasteiger partial charge in [0.05, 0.1) is 23.1 Å². The van der Waals surface area contributed by atoms with Crippen LogP contribution in [-0.4, -0.2) is 28.8 Å². The standard InChI is InChI=1S/C15H20N4O/c1-12-14(15(20)17-10-6-5-9-16)11-18-19(12)13-7-3-2-4-8-13/h2-4,7-8,11H,5-6,9-10,16H2,1H3,(H,17,20). The number of hydrogen-bond donors (Lipinski definition) is 2. The average molecular weight is 272 g/mol. The van der Waals surface area contributed by atoms with Gasteiger partial charge in [-0.2, -0.15) is 5.10 Å². The summed E-state index contributed by atoms with van der Waals surface area (Å²) in [6.07, 6.45) is 3.43. The van der Waals surface area contributed by atoms with Crippen molar-refractivity contribution < 1.29 is 4.79 Å². The van der Waals surface area contributed by atoms with Crippen LogP contribution in [0.4, 0.5) is 0 Å². The molecule has 5 nitrogen and oxygen atoms in total.